The largest absolute Gasteiger partial charge is 0.324 e. The molecule has 0 fully saturated rings. The molecule has 0 saturated heterocycles. The summed E-state index contributed by atoms with van der Waals surface area (Å²) in [4.78, 5) is 8.79. The van der Waals surface area contributed by atoms with Gasteiger partial charge in [-0.2, -0.15) is 0 Å². The number of hydrogen-bond donors (Lipinski definition) is 0. The Bertz CT molecular complexity index is 919. The van der Waals surface area contributed by atoms with Crippen molar-refractivity contribution < 1.29 is 0 Å². The van der Waals surface area contributed by atoms with Gasteiger partial charge in [0.1, 0.15) is 6.33 Å². The summed E-state index contributed by atoms with van der Waals surface area (Å²) in [6, 6.07) is 16.1. The summed E-state index contributed by atoms with van der Waals surface area (Å²) < 4.78 is 3.98. The molecule has 1 aliphatic rings. The number of hydrogen-bond acceptors (Lipinski definition) is 2. The first-order valence-corrected chi connectivity index (χ1v) is 6.43. The van der Waals surface area contributed by atoms with Crippen LogP contribution in [0.2, 0.25) is 0 Å². The molecule has 4 rings (SSSR count). The maximum absolute atomic E-state index is 4.45. The Labute approximate surface area is 116 Å². The van der Waals surface area contributed by atoms with Gasteiger partial charge in [0.05, 0.1) is 11.2 Å². The van der Waals surface area contributed by atoms with E-state index in [2.05, 4.69) is 22.4 Å². The number of aryl methyl sites for hydroxylation is 1. The Kier molecular flexibility index (Phi) is 2.29. The van der Waals surface area contributed by atoms with E-state index in [1.54, 1.807) is 0 Å². The maximum atomic E-state index is 4.45. The topological polar surface area (TPSA) is 33.2 Å². The van der Waals surface area contributed by atoms with Crippen LogP contribution in [0, 0.1) is 0 Å². The molecule has 1 aliphatic heterocycles. The second-order valence-corrected chi connectivity index (χ2v) is 4.73. The van der Waals surface area contributed by atoms with Crippen LogP contribution < -0.4 is 10.1 Å². The zero-order valence-corrected chi connectivity index (χ0v) is 11.0. The van der Waals surface area contributed by atoms with Crippen molar-refractivity contribution >= 4 is 28.6 Å². The van der Waals surface area contributed by atoms with Gasteiger partial charge in [-0.15, -0.1) is 0 Å². The van der Waals surface area contributed by atoms with Crippen molar-refractivity contribution in [1.82, 2.24) is 14.1 Å². The van der Waals surface area contributed by atoms with E-state index >= 15 is 0 Å². The average molecular weight is 260 g/mol. The van der Waals surface area contributed by atoms with Crippen molar-refractivity contribution in [2.45, 2.75) is 0 Å². The molecule has 4 heteroatoms. The number of nitrogens with zero attached hydrogens (tertiary/aromatic N) is 4. The van der Waals surface area contributed by atoms with Crippen LogP contribution in [-0.2, 0) is 7.05 Å². The fourth-order valence-corrected chi connectivity index (χ4v) is 2.51. The highest BCUT2D eigenvalue weighted by molar-refractivity contribution is 5.85. The summed E-state index contributed by atoms with van der Waals surface area (Å²) in [5.41, 5.74) is 3.96. The first kappa shape index (κ1) is 11.1. The van der Waals surface area contributed by atoms with Crippen molar-refractivity contribution in [2.75, 3.05) is 0 Å². The van der Waals surface area contributed by atoms with E-state index in [0.717, 1.165) is 27.8 Å². The molecule has 2 aromatic carbocycles. The molecular weight excluding hydrogens is 248 g/mol. The predicted molar refractivity (Wildman–Crippen MR) is 79.2 cm³/mol. The first-order chi connectivity index (χ1) is 9.84. The first-order valence-electron chi connectivity index (χ1n) is 6.43. The lowest BCUT2D eigenvalue weighted by Crippen LogP contribution is -2.32. The number of aromatic nitrogens is 2. The SMILES string of the molecule is Cn1cnc2ccccc2c1=[N+]1[C-]=Nc2ccccc21. The van der Waals surface area contributed by atoms with Gasteiger partial charge in [0.25, 0.3) is 0 Å². The molecule has 0 atom stereocenters. The minimum atomic E-state index is 0.938. The van der Waals surface area contributed by atoms with Crippen LogP contribution in [0.3, 0.4) is 0 Å². The van der Waals surface area contributed by atoms with Gasteiger partial charge in [0.15, 0.2) is 5.49 Å². The zero-order chi connectivity index (χ0) is 13.5. The van der Waals surface area contributed by atoms with Crippen LogP contribution in [0.5, 0.6) is 0 Å². The molecule has 0 bridgehead atoms. The van der Waals surface area contributed by atoms with Gasteiger partial charge in [-0.05, 0) is 6.07 Å². The Morgan fingerprint density at radius 3 is 2.80 bits per heavy atom. The third-order valence-electron chi connectivity index (χ3n) is 3.45. The molecule has 4 nitrogen and oxygen atoms in total. The summed E-state index contributed by atoms with van der Waals surface area (Å²) in [6.07, 6.45) is 4.90. The molecule has 96 valence electrons. The third kappa shape index (κ3) is 1.51. The lowest BCUT2D eigenvalue weighted by atomic mass is 10.2. The van der Waals surface area contributed by atoms with Gasteiger partial charge in [-0.1, -0.05) is 42.5 Å². The fraction of sp³-hybridized carbons (Fsp3) is 0.0625. The van der Waals surface area contributed by atoms with Crippen molar-refractivity contribution in [3.8, 4) is 0 Å². The van der Waals surface area contributed by atoms with E-state index in [1.165, 1.54) is 0 Å². The Morgan fingerprint density at radius 1 is 1.05 bits per heavy atom. The lowest BCUT2D eigenvalue weighted by molar-refractivity contribution is 0.784. The molecule has 3 aromatic rings. The molecule has 0 aliphatic carbocycles. The van der Waals surface area contributed by atoms with Crippen LogP contribution in [-0.4, -0.2) is 15.9 Å². The highest BCUT2D eigenvalue weighted by Crippen LogP contribution is 2.28. The fourth-order valence-electron chi connectivity index (χ4n) is 2.51. The van der Waals surface area contributed by atoms with E-state index in [1.807, 2.05) is 65.0 Å². The Morgan fingerprint density at radius 2 is 1.85 bits per heavy atom. The Hall–Kier alpha value is -2.75. The second kappa shape index (κ2) is 4.13. The monoisotopic (exact) mass is 260 g/mol. The zero-order valence-electron chi connectivity index (χ0n) is 11.0. The van der Waals surface area contributed by atoms with Gasteiger partial charge in [-0.25, -0.2) is 9.98 Å². The standard InChI is InChI=1S/C16H12N4/c1-19-10-17-13-7-3-2-6-12(13)16(19)20-11-18-14-8-4-5-9-15(14)20/h2-10H,1H3. The van der Waals surface area contributed by atoms with E-state index in [0.29, 0.717) is 0 Å². The van der Waals surface area contributed by atoms with Crippen LogP contribution in [0.1, 0.15) is 0 Å². The highest BCUT2D eigenvalue weighted by atomic mass is 15.2. The number of para-hydroxylation sites is 3. The molecule has 0 amide bonds. The van der Waals surface area contributed by atoms with Crippen LogP contribution in [0.4, 0.5) is 11.4 Å². The molecular formula is C16H12N4. The Balaban J connectivity index is 2.22. The quantitative estimate of drug-likeness (QED) is 0.450. The van der Waals surface area contributed by atoms with Gasteiger partial charge >= 0.3 is 0 Å². The van der Waals surface area contributed by atoms with Crippen LogP contribution >= 0.6 is 0 Å². The van der Waals surface area contributed by atoms with Crippen LogP contribution in [0.25, 0.3) is 10.9 Å². The molecule has 0 spiro atoms. The van der Waals surface area contributed by atoms with Crippen molar-refractivity contribution in [3.63, 3.8) is 0 Å². The summed E-state index contributed by atoms with van der Waals surface area (Å²) in [5, 5.41) is 1.08. The average Bonchev–Trinajstić information content (AvgIpc) is 2.91. The normalized spacial score (nSPS) is 15.7. The van der Waals surface area contributed by atoms with Crippen molar-refractivity contribution in [3.05, 3.63) is 60.3 Å². The molecule has 20 heavy (non-hydrogen) atoms. The van der Waals surface area contributed by atoms with E-state index in [-0.39, 0.29) is 0 Å². The van der Waals surface area contributed by atoms with E-state index < -0.39 is 0 Å². The number of fused-ring (bicyclic) bond motifs is 2. The van der Waals surface area contributed by atoms with Crippen molar-refractivity contribution in [2.24, 2.45) is 12.0 Å². The number of rotatable bonds is 0. The van der Waals surface area contributed by atoms with Crippen molar-refractivity contribution in [1.29, 1.82) is 0 Å². The number of aliphatic imine (C=N–C) groups is 1. The molecule has 0 radical (unpaired) electrons. The molecule has 0 saturated carbocycles. The van der Waals surface area contributed by atoms with Gasteiger partial charge in [-0.3, -0.25) is 4.57 Å². The summed E-state index contributed by atoms with van der Waals surface area (Å²) >= 11 is 0. The molecule has 0 N–H and O–H groups in total. The van der Waals surface area contributed by atoms with E-state index in [9.17, 15) is 0 Å². The molecule has 2 heterocycles. The second-order valence-electron chi connectivity index (χ2n) is 4.73. The summed E-state index contributed by atoms with van der Waals surface area (Å²) in [7, 11) is 1.98. The van der Waals surface area contributed by atoms with E-state index in [4.69, 9.17) is 0 Å². The maximum Gasteiger partial charge on any atom is 0.208 e. The van der Waals surface area contributed by atoms with Gasteiger partial charge in [0.2, 0.25) is 6.34 Å². The van der Waals surface area contributed by atoms with Gasteiger partial charge < -0.3 is 4.58 Å². The lowest BCUT2D eigenvalue weighted by Gasteiger charge is -2.10. The highest BCUT2D eigenvalue weighted by Gasteiger charge is 2.11. The third-order valence-corrected chi connectivity index (χ3v) is 3.45. The minimum absolute atomic E-state index is 0.938. The summed E-state index contributed by atoms with van der Waals surface area (Å²) in [5.74, 6) is 0. The minimum Gasteiger partial charge on any atom is -0.324 e. The van der Waals surface area contributed by atoms with Crippen LogP contribution in [0.15, 0.2) is 59.9 Å². The summed E-state index contributed by atoms with van der Waals surface area (Å²) in [6.45, 7) is 0. The molecule has 1 aromatic heterocycles. The number of benzene rings is 2. The smallest absolute Gasteiger partial charge is 0.208 e. The van der Waals surface area contributed by atoms with Gasteiger partial charge in [0, 0.05) is 18.1 Å². The predicted octanol–water partition coefficient (Wildman–Crippen LogP) is 2.23. The molecule has 0 unspecified atom stereocenters.